The van der Waals surface area contributed by atoms with Gasteiger partial charge in [0.2, 0.25) is 11.7 Å². The molecule has 182 valence electrons. The topological polar surface area (TPSA) is 93.8 Å². The number of aromatic nitrogens is 4. The van der Waals surface area contributed by atoms with Crippen LogP contribution >= 0.6 is 11.8 Å². The minimum atomic E-state index is -0.126. The number of morpholine rings is 1. The van der Waals surface area contributed by atoms with Gasteiger partial charge in [-0.2, -0.15) is 0 Å². The number of hydrogen-bond donors (Lipinski definition) is 1. The SMILES string of the molecule is CCCn1c(=O)c2ccccc2n2c(SCC(=O)Nc3ccc(CN4CCOCC4)cc3)nnc12. The highest BCUT2D eigenvalue weighted by Crippen LogP contribution is 2.22. The van der Waals surface area contributed by atoms with Crippen molar-refractivity contribution in [3.05, 3.63) is 64.4 Å². The predicted octanol–water partition coefficient (Wildman–Crippen LogP) is 3.02. The molecule has 10 heteroatoms. The minimum absolute atomic E-state index is 0.0753. The van der Waals surface area contributed by atoms with Gasteiger partial charge in [0.1, 0.15) is 0 Å². The second-order valence-electron chi connectivity index (χ2n) is 8.51. The fourth-order valence-electron chi connectivity index (χ4n) is 4.29. The molecule has 0 aliphatic carbocycles. The predicted molar refractivity (Wildman–Crippen MR) is 137 cm³/mol. The summed E-state index contributed by atoms with van der Waals surface area (Å²) >= 11 is 1.30. The maximum Gasteiger partial charge on any atom is 0.262 e. The first-order valence-electron chi connectivity index (χ1n) is 11.8. The molecule has 5 rings (SSSR count). The lowest BCUT2D eigenvalue weighted by molar-refractivity contribution is -0.113. The van der Waals surface area contributed by atoms with E-state index in [9.17, 15) is 9.59 Å². The summed E-state index contributed by atoms with van der Waals surface area (Å²) in [6.07, 6.45) is 0.802. The van der Waals surface area contributed by atoms with Gasteiger partial charge in [-0.15, -0.1) is 10.2 Å². The number of anilines is 1. The number of fused-ring (bicyclic) bond motifs is 3. The quantitative estimate of drug-likeness (QED) is 0.378. The number of carbonyl (C=O) groups is 1. The summed E-state index contributed by atoms with van der Waals surface area (Å²) < 4.78 is 8.92. The molecule has 0 atom stereocenters. The van der Waals surface area contributed by atoms with Gasteiger partial charge in [-0.1, -0.05) is 43.0 Å². The standard InChI is InChI=1S/C25H28N6O3S/c1-2-11-30-23(33)20-5-3-4-6-21(20)31-24(30)27-28-25(31)35-17-22(32)26-19-9-7-18(8-10-19)16-29-12-14-34-15-13-29/h3-10H,2,11-17H2,1H3,(H,26,32). The summed E-state index contributed by atoms with van der Waals surface area (Å²) in [5, 5.41) is 12.7. The maximum absolute atomic E-state index is 12.9. The average Bonchev–Trinajstić information content (AvgIpc) is 3.31. The monoisotopic (exact) mass is 492 g/mol. The van der Waals surface area contributed by atoms with Crippen molar-refractivity contribution in [2.24, 2.45) is 0 Å². The summed E-state index contributed by atoms with van der Waals surface area (Å²) in [6, 6.07) is 15.4. The van der Waals surface area contributed by atoms with E-state index in [1.807, 2.05) is 59.9 Å². The van der Waals surface area contributed by atoms with Gasteiger partial charge in [-0.05, 0) is 36.2 Å². The van der Waals surface area contributed by atoms with Crippen molar-refractivity contribution >= 4 is 40.0 Å². The van der Waals surface area contributed by atoms with Gasteiger partial charge in [0.05, 0.1) is 29.9 Å². The number of nitrogens with zero attached hydrogens (tertiary/aromatic N) is 5. The Morgan fingerprint density at radius 2 is 1.86 bits per heavy atom. The second kappa shape index (κ2) is 10.6. The van der Waals surface area contributed by atoms with Crippen LogP contribution in [0.15, 0.2) is 58.5 Å². The molecule has 4 aromatic rings. The summed E-state index contributed by atoms with van der Waals surface area (Å²) in [7, 11) is 0. The van der Waals surface area contributed by atoms with Gasteiger partial charge in [0.15, 0.2) is 5.16 Å². The molecule has 1 aliphatic heterocycles. The Labute approximate surface area is 207 Å². The van der Waals surface area contributed by atoms with Gasteiger partial charge >= 0.3 is 0 Å². The Balaban J connectivity index is 1.28. The van der Waals surface area contributed by atoms with Crippen molar-refractivity contribution in [3.63, 3.8) is 0 Å². The number of ether oxygens (including phenoxy) is 1. The summed E-state index contributed by atoms with van der Waals surface area (Å²) in [6.45, 7) is 6.89. The van der Waals surface area contributed by atoms with Crippen LogP contribution in [-0.4, -0.2) is 62.0 Å². The lowest BCUT2D eigenvalue weighted by Crippen LogP contribution is -2.35. The Bertz CT molecular complexity index is 1390. The van der Waals surface area contributed by atoms with Crippen LogP contribution in [0.2, 0.25) is 0 Å². The third kappa shape index (κ3) is 5.09. The molecule has 1 amide bonds. The number of thioether (sulfide) groups is 1. The first-order chi connectivity index (χ1) is 17.1. The van der Waals surface area contributed by atoms with Crippen molar-refractivity contribution in [1.82, 2.24) is 24.1 Å². The Hall–Kier alpha value is -3.21. The molecule has 9 nitrogen and oxygen atoms in total. The molecule has 1 aliphatic rings. The van der Waals surface area contributed by atoms with Gasteiger partial charge < -0.3 is 10.1 Å². The van der Waals surface area contributed by atoms with E-state index in [0.717, 1.165) is 50.5 Å². The summed E-state index contributed by atoms with van der Waals surface area (Å²) in [4.78, 5) is 28.0. The molecular weight excluding hydrogens is 464 g/mol. The van der Waals surface area contributed by atoms with E-state index in [0.29, 0.717) is 22.9 Å². The lowest BCUT2D eigenvalue weighted by atomic mass is 10.2. The third-order valence-corrected chi connectivity index (χ3v) is 6.93. The zero-order chi connectivity index (χ0) is 24.2. The van der Waals surface area contributed by atoms with Gasteiger partial charge in [-0.3, -0.25) is 23.5 Å². The average molecular weight is 493 g/mol. The number of hydrogen-bond acceptors (Lipinski definition) is 7. The van der Waals surface area contributed by atoms with Crippen LogP contribution in [0.4, 0.5) is 5.69 Å². The molecule has 3 heterocycles. The van der Waals surface area contributed by atoms with E-state index in [-0.39, 0.29) is 17.2 Å². The molecule has 1 N–H and O–H groups in total. The van der Waals surface area contributed by atoms with Crippen molar-refractivity contribution in [3.8, 4) is 0 Å². The van der Waals surface area contributed by atoms with E-state index >= 15 is 0 Å². The van der Waals surface area contributed by atoms with Crippen LogP contribution in [0.3, 0.4) is 0 Å². The zero-order valence-electron chi connectivity index (χ0n) is 19.6. The molecule has 0 bridgehead atoms. The van der Waals surface area contributed by atoms with Crippen LogP contribution in [0.5, 0.6) is 0 Å². The van der Waals surface area contributed by atoms with E-state index in [1.54, 1.807) is 4.57 Å². The molecule has 1 fully saturated rings. The second-order valence-corrected chi connectivity index (χ2v) is 9.46. The number of rotatable bonds is 8. The number of carbonyl (C=O) groups excluding carboxylic acids is 1. The smallest absolute Gasteiger partial charge is 0.262 e. The fourth-order valence-corrected chi connectivity index (χ4v) is 5.03. The largest absolute Gasteiger partial charge is 0.379 e. The summed E-state index contributed by atoms with van der Waals surface area (Å²) in [5.41, 5.74) is 2.63. The molecular formula is C25H28N6O3S. The Kier molecular flexibility index (Phi) is 7.12. The molecule has 2 aromatic carbocycles. The number of aryl methyl sites for hydroxylation is 1. The van der Waals surface area contributed by atoms with Crippen molar-refractivity contribution in [1.29, 1.82) is 0 Å². The first-order valence-corrected chi connectivity index (χ1v) is 12.8. The van der Waals surface area contributed by atoms with Crippen LogP contribution in [0.1, 0.15) is 18.9 Å². The highest BCUT2D eigenvalue weighted by atomic mass is 32.2. The molecule has 1 saturated heterocycles. The number of para-hydroxylation sites is 1. The van der Waals surface area contributed by atoms with Crippen LogP contribution < -0.4 is 10.9 Å². The number of benzene rings is 2. The van der Waals surface area contributed by atoms with E-state index < -0.39 is 0 Å². The van der Waals surface area contributed by atoms with Crippen LogP contribution in [0, 0.1) is 0 Å². The Morgan fingerprint density at radius 3 is 2.63 bits per heavy atom. The number of nitrogens with one attached hydrogen (secondary N) is 1. The van der Waals surface area contributed by atoms with E-state index in [1.165, 1.54) is 17.3 Å². The van der Waals surface area contributed by atoms with Crippen molar-refractivity contribution in [2.75, 3.05) is 37.4 Å². The molecule has 2 aromatic heterocycles. The number of amides is 1. The normalized spacial score (nSPS) is 14.5. The maximum atomic E-state index is 12.9. The minimum Gasteiger partial charge on any atom is -0.379 e. The van der Waals surface area contributed by atoms with Gasteiger partial charge in [0.25, 0.3) is 5.56 Å². The van der Waals surface area contributed by atoms with Crippen molar-refractivity contribution < 1.29 is 9.53 Å². The van der Waals surface area contributed by atoms with Crippen LogP contribution in [0.25, 0.3) is 16.7 Å². The molecule has 0 unspecified atom stereocenters. The highest BCUT2D eigenvalue weighted by Gasteiger charge is 2.17. The molecule has 0 saturated carbocycles. The zero-order valence-corrected chi connectivity index (χ0v) is 20.5. The fraction of sp³-hybridized carbons (Fsp3) is 0.360. The van der Waals surface area contributed by atoms with E-state index in [4.69, 9.17) is 4.74 Å². The summed E-state index contributed by atoms with van der Waals surface area (Å²) in [5.74, 6) is 0.547. The molecule has 0 radical (unpaired) electrons. The van der Waals surface area contributed by atoms with Gasteiger partial charge in [0, 0.05) is 31.9 Å². The van der Waals surface area contributed by atoms with Crippen molar-refractivity contribution in [2.45, 2.75) is 31.6 Å². The third-order valence-electron chi connectivity index (χ3n) is 6.01. The molecule has 0 spiro atoms. The lowest BCUT2D eigenvalue weighted by Gasteiger charge is -2.26. The Morgan fingerprint density at radius 1 is 1.09 bits per heavy atom. The first kappa shape index (κ1) is 23.5. The van der Waals surface area contributed by atoms with Gasteiger partial charge in [-0.25, -0.2) is 0 Å². The highest BCUT2D eigenvalue weighted by molar-refractivity contribution is 7.99. The van der Waals surface area contributed by atoms with Crippen LogP contribution in [-0.2, 0) is 22.6 Å². The van der Waals surface area contributed by atoms with E-state index in [2.05, 4.69) is 20.4 Å². The molecule has 35 heavy (non-hydrogen) atoms.